The fraction of sp³-hybridized carbons (Fsp3) is 0. The van der Waals surface area contributed by atoms with Gasteiger partial charge in [-0.25, -0.2) is 9.18 Å². The van der Waals surface area contributed by atoms with Crippen LogP contribution in [-0.4, -0.2) is 11.1 Å². The van der Waals surface area contributed by atoms with E-state index in [1.54, 1.807) is 0 Å². The number of rotatable bonds is 2. The second-order valence-corrected chi connectivity index (χ2v) is 4.44. The van der Waals surface area contributed by atoms with Crippen LogP contribution >= 0.6 is 23.2 Å². The number of benzene rings is 2. The van der Waals surface area contributed by atoms with Crippen LogP contribution in [0.5, 0.6) is 0 Å². The minimum Gasteiger partial charge on any atom is -0.478 e. The second-order valence-electron chi connectivity index (χ2n) is 3.59. The minimum atomic E-state index is -1.21. The van der Waals surface area contributed by atoms with Gasteiger partial charge >= 0.3 is 5.97 Å². The summed E-state index contributed by atoms with van der Waals surface area (Å²) in [6.45, 7) is 0. The van der Waals surface area contributed by atoms with Crippen molar-refractivity contribution in [3.8, 4) is 11.1 Å². The number of carboxylic acids is 1. The van der Waals surface area contributed by atoms with E-state index in [-0.39, 0.29) is 16.1 Å². The molecule has 2 rings (SSSR count). The summed E-state index contributed by atoms with van der Waals surface area (Å²) in [6.07, 6.45) is 0. The van der Waals surface area contributed by atoms with Crippen molar-refractivity contribution in [3.63, 3.8) is 0 Å². The summed E-state index contributed by atoms with van der Waals surface area (Å²) in [5, 5.41) is 9.66. The summed E-state index contributed by atoms with van der Waals surface area (Å²) < 4.78 is 13.8. The molecule has 0 unspecified atom stereocenters. The van der Waals surface area contributed by atoms with Crippen molar-refractivity contribution in [2.24, 2.45) is 0 Å². The second kappa shape index (κ2) is 4.96. The summed E-state index contributed by atoms with van der Waals surface area (Å²) in [5.41, 5.74) is 0.127. The topological polar surface area (TPSA) is 37.3 Å². The first kappa shape index (κ1) is 12.9. The smallest absolute Gasteiger partial charge is 0.336 e. The molecule has 2 aromatic carbocycles. The normalized spacial score (nSPS) is 10.4. The molecule has 0 saturated heterocycles. The van der Waals surface area contributed by atoms with E-state index in [1.807, 2.05) is 0 Å². The van der Waals surface area contributed by atoms with Crippen LogP contribution in [0, 0.1) is 5.82 Å². The lowest BCUT2D eigenvalue weighted by Crippen LogP contribution is -2.01. The molecule has 0 heterocycles. The van der Waals surface area contributed by atoms with Gasteiger partial charge in [-0.2, -0.15) is 0 Å². The molecule has 0 aromatic heterocycles. The molecule has 0 atom stereocenters. The van der Waals surface area contributed by atoms with Crippen LogP contribution in [0.25, 0.3) is 11.1 Å². The predicted molar refractivity (Wildman–Crippen MR) is 68.8 cm³/mol. The van der Waals surface area contributed by atoms with Gasteiger partial charge in [0, 0.05) is 16.1 Å². The average molecular weight is 285 g/mol. The van der Waals surface area contributed by atoms with Crippen LogP contribution in [0.15, 0.2) is 36.4 Å². The van der Waals surface area contributed by atoms with Gasteiger partial charge in [-0.15, -0.1) is 0 Å². The molecule has 2 nitrogen and oxygen atoms in total. The number of hydrogen-bond donors (Lipinski definition) is 1. The summed E-state index contributed by atoms with van der Waals surface area (Å²) in [6, 6.07) is 8.32. The highest BCUT2D eigenvalue weighted by Crippen LogP contribution is 2.34. The van der Waals surface area contributed by atoms with Crippen LogP contribution in [0.1, 0.15) is 10.4 Å². The summed E-state index contributed by atoms with van der Waals surface area (Å²) in [7, 11) is 0. The SMILES string of the molecule is O=C(O)c1cccc(F)c1-c1ccc(Cl)cc1Cl. The van der Waals surface area contributed by atoms with E-state index in [2.05, 4.69) is 0 Å². The Morgan fingerprint density at radius 3 is 2.50 bits per heavy atom. The summed E-state index contributed by atoms with van der Waals surface area (Å²) in [5.74, 6) is -1.85. The monoisotopic (exact) mass is 284 g/mol. The molecule has 0 fully saturated rings. The zero-order valence-electron chi connectivity index (χ0n) is 8.95. The molecule has 0 amide bonds. The molecule has 0 aliphatic carbocycles. The third-order valence-corrected chi connectivity index (χ3v) is 2.99. The van der Waals surface area contributed by atoms with E-state index in [4.69, 9.17) is 28.3 Å². The Balaban J connectivity index is 2.74. The van der Waals surface area contributed by atoms with Crippen molar-refractivity contribution >= 4 is 29.2 Å². The van der Waals surface area contributed by atoms with Crippen LogP contribution in [0.4, 0.5) is 4.39 Å². The lowest BCUT2D eigenvalue weighted by Gasteiger charge is -2.09. The minimum absolute atomic E-state index is 0.0355. The fourth-order valence-corrected chi connectivity index (χ4v) is 2.17. The first-order valence-corrected chi connectivity index (χ1v) is 5.73. The van der Waals surface area contributed by atoms with Gasteiger partial charge in [0.15, 0.2) is 0 Å². The molecule has 5 heteroatoms. The van der Waals surface area contributed by atoms with Gasteiger partial charge in [0.1, 0.15) is 5.82 Å². The van der Waals surface area contributed by atoms with Crippen LogP contribution in [-0.2, 0) is 0 Å². The maximum Gasteiger partial charge on any atom is 0.336 e. The van der Waals surface area contributed by atoms with Crippen LogP contribution in [0.2, 0.25) is 10.0 Å². The number of carboxylic acid groups (broad SMARTS) is 1. The number of halogens is 3. The zero-order chi connectivity index (χ0) is 13.3. The third-order valence-electron chi connectivity index (χ3n) is 2.44. The maximum atomic E-state index is 13.8. The highest BCUT2D eigenvalue weighted by Gasteiger charge is 2.18. The van der Waals surface area contributed by atoms with Crippen LogP contribution in [0.3, 0.4) is 0 Å². The number of aromatic carboxylic acids is 1. The standard InChI is InChI=1S/C13H7Cl2FO2/c14-7-4-5-8(10(15)6-7)12-9(13(17)18)2-1-3-11(12)16/h1-6H,(H,17,18). The molecule has 18 heavy (non-hydrogen) atoms. The van der Waals surface area contributed by atoms with Crippen molar-refractivity contribution in [1.29, 1.82) is 0 Å². The average Bonchev–Trinajstić information content (AvgIpc) is 2.29. The highest BCUT2D eigenvalue weighted by molar-refractivity contribution is 6.36. The Labute approximate surface area is 113 Å². The van der Waals surface area contributed by atoms with E-state index in [0.29, 0.717) is 10.6 Å². The largest absolute Gasteiger partial charge is 0.478 e. The molecule has 0 radical (unpaired) electrons. The van der Waals surface area contributed by atoms with Gasteiger partial charge in [-0.05, 0) is 24.3 Å². The highest BCUT2D eigenvalue weighted by atomic mass is 35.5. The summed E-state index contributed by atoms with van der Waals surface area (Å²) in [4.78, 5) is 11.1. The molecular formula is C13H7Cl2FO2. The molecule has 0 saturated carbocycles. The molecule has 0 aliphatic rings. The quantitative estimate of drug-likeness (QED) is 0.882. The predicted octanol–water partition coefficient (Wildman–Crippen LogP) is 4.50. The Hall–Kier alpha value is -1.58. The Morgan fingerprint density at radius 2 is 1.89 bits per heavy atom. The first-order chi connectivity index (χ1) is 8.50. The first-order valence-electron chi connectivity index (χ1n) is 4.98. The lowest BCUT2D eigenvalue weighted by molar-refractivity contribution is 0.0697. The molecule has 1 N–H and O–H groups in total. The van der Waals surface area contributed by atoms with Crippen molar-refractivity contribution in [2.45, 2.75) is 0 Å². The van der Waals surface area contributed by atoms with Crippen LogP contribution < -0.4 is 0 Å². The molecule has 0 aliphatic heterocycles. The van der Waals surface area contributed by atoms with Gasteiger partial charge < -0.3 is 5.11 Å². The zero-order valence-corrected chi connectivity index (χ0v) is 10.5. The van der Waals surface area contributed by atoms with E-state index in [1.165, 1.54) is 36.4 Å². The van der Waals surface area contributed by atoms with E-state index >= 15 is 0 Å². The van der Waals surface area contributed by atoms with Gasteiger partial charge in [-0.1, -0.05) is 35.3 Å². The Bertz CT molecular complexity index is 626. The Kier molecular flexibility index (Phi) is 3.55. The van der Waals surface area contributed by atoms with Gasteiger partial charge in [0.25, 0.3) is 0 Å². The van der Waals surface area contributed by atoms with E-state index in [0.717, 1.165) is 0 Å². The fourth-order valence-electron chi connectivity index (χ4n) is 1.67. The maximum absolute atomic E-state index is 13.8. The Morgan fingerprint density at radius 1 is 1.17 bits per heavy atom. The lowest BCUT2D eigenvalue weighted by atomic mass is 9.99. The van der Waals surface area contributed by atoms with Crippen molar-refractivity contribution in [3.05, 3.63) is 57.8 Å². The van der Waals surface area contributed by atoms with Crippen molar-refractivity contribution in [1.82, 2.24) is 0 Å². The number of carbonyl (C=O) groups is 1. The third kappa shape index (κ3) is 2.33. The van der Waals surface area contributed by atoms with E-state index in [9.17, 15) is 9.18 Å². The van der Waals surface area contributed by atoms with Gasteiger partial charge in [0.05, 0.1) is 10.6 Å². The molecular weight excluding hydrogens is 278 g/mol. The van der Waals surface area contributed by atoms with E-state index < -0.39 is 11.8 Å². The summed E-state index contributed by atoms with van der Waals surface area (Å²) >= 11 is 11.7. The molecule has 92 valence electrons. The molecule has 2 aromatic rings. The number of hydrogen-bond acceptors (Lipinski definition) is 1. The molecule has 0 spiro atoms. The van der Waals surface area contributed by atoms with Crippen molar-refractivity contribution in [2.75, 3.05) is 0 Å². The van der Waals surface area contributed by atoms with Gasteiger partial charge in [0.2, 0.25) is 0 Å². The molecule has 0 bridgehead atoms. The van der Waals surface area contributed by atoms with Gasteiger partial charge in [-0.3, -0.25) is 0 Å². The van der Waals surface area contributed by atoms with Crippen molar-refractivity contribution < 1.29 is 14.3 Å².